The molecule has 0 radical (unpaired) electrons. The lowest BCUT2D eigenvalue weighted by molar-refractivity contribution is 0.759. The van der Waals surface area contributed by atoms with E-state index in [-0.39, 0.29) is 0 Å². The molecule has 1 aromatic carbocycles. The van der Waals surface area contributed by atoms with E-state index in [2.05, 4.69) is 23.5 Å². The molecule has 0 saturated heterocycles. The first-order valence-electron chi connectivity index (χ1n) is 4.81. The molecule has 1 N–H and O–H groups in total. The van der Waals surface area contributed by atoms with E-state index in [1.807, 2.05) is 26.0 Å². The third kappa shape index (κ3) is 3.52. The standard InChI is InChI=1S/C12H16ClN/c1-3-4-7-14-9-11-5-6-12(13)10(2)8-11/h3-6,8,14H,7,9H2,1-2H3/b4-3+. The highest BCUT2D eigenvalue weighted by Gasteiger charge is 1.96. The van der Waals surface area contributed by atoms with Crippen molar-refractivity contribution in [3.63, 3.8) is 0 Å². The summed E-state index contributed by atoms with van der Waals surface area (Å²) in [6, 6.07) is 6.12. The molecule has 0 heterocycles. The van der Waals surface area contributed by atoms with Crippen LogP contribution in [0.3, 0.4) is 0 Å². The van der Waals surface area contributed by atoms with E-state index in [1.54, 1.807) is 0 Å². The topological polar surface area (TPSA) is 12.0 Å². The molecular weight excluding hydrogens is 194 g/mol. The maximum atomic E-state index is 5.93. The van der Waals surface area contributed by atoms with E-state index in [0.717, 1.165) is 23.7 Å². The van der Waals surface area contributed by atoms with E-state index in [0.29, 0.717) is 0 Å². The van der Waals surface area contributed by atoms with Gasteiger partial charge in [0.05, 0.1) is 0 Å². The molecule has 14 heavy (non-hydrogen) atoms. The molecule has 2 heteroatoms. The fraction of sp³-hybridized carbons (Fsp3) is 0.333. The lowest BCUT2D eigenvalue weighted by Gasteiger charge is -2.04. The molecule has 0 atom stereocenters. The second kappa shape index (κ2) is 5.84. The zero-order valence-electron chi connectivity index (χ0n) is 8.68. The zero-order valence-corrected chi connectivity index (χ0v) is 9.43. The summed E-state index contributed by atoms with van der Waals surface area (Å²) in [5, 5.41) is 4.15. The molecule has 0 fully saturated rings. The van der Waals surface area contributed by atoms with Gasteiger partial charge in [0.15, 0.2) is 0 Å². The molecule has 0 spiro atoms. The third-order valence-electron chi connectivity index (χ3n) is 2.05. The van der Waals surface area contributed by atoms with Gasteiger partial charge in [-0.2, -0.15) is 0 Å². The largest absolute Gasteiger partial charge is 0.309 e. The van der Waals surface area contributed by atoms with Crippen LogP contribution in [0.4, 0.5) is 0 Å². The number of aryl methyl sites for hydroxylation is 1. The number of hydrogen-bond donors (Lipinski definition) is 1. The van der Waals surface area contributed by atoms with Gasteiger partial charge in [0.1, 0.15) is 0 Å². The summed E-state index contributed by atoms with van der Waals surface area (Å²) in [4.78, 5) is 0. The van der Waals surface area contributed by atoms with Crippen molar-refractivity contribution in [3.05, 3.63) is 46.5 Å². The number of halogens is 1. The van der Waals surface area contributed by atoms with Gasteiger partial charge in [-0.3, -0.25) is 0 Å². The highest BCUT2D eigenvalue weighted by Crippen LogP contribution is 2.15. The van der Waals surface area contributed by atoms with Crippen molar-refractivity contribution in [3.8, 4) is 0 Å². The molecular formula is C12H16ClN. The molecule has 1 aromatic rings. The van der Waals surface area contributed by atoms with Crippen LogP contribution in [0.25, 0.3) is 0 Å². The third-order valence-corrected chi connectivity index (χ3v) is 2.47. The highest BCUT2D eigenvalue weighted by molar-refractivity contribution is 6.31. The molecule has 1 nitrogen and oxygen atoms in total. The minimum atomic E-state index is 0.835. The normalized spacial score (nSPS) is 11.1. The summed E-state index contributed by atoms with van der Waals surface area (Å²) in [5.41, 5.74) is 2.41. The molecule has 0 aliphatic rings. The molecule has 0 aliphatic heterocycles. The average Bonchev–Trinajstić information content (AvgIpc) is 2.18. The Kier molecular flexibility index (Phi) is 4.71. The number of rotatable bonds is 4. The van der Waals surface area contributed by atoms with Crippen LogP contribution < -0.4 is 5.32 Å². The van der Waals surface area contributed by atoms with Crippen LogP contribution in [0.5, 0.6) is 0 Å². The first kappa shape index (κ1) is 11.3. The first-order chi connectivity index (χ1) is 6.74. The number of benzene rings is 1. The fourth-order valence-corrected chi connectivity index (χ4v) is 1.35. The maximum absolute atomic E-state index is 5.93. The van der Waals surface area contributed by atoms with Gasteiger partial charge in [0.25, 0.3) is 0 Å². The highest BCUT2D eigenvalue weighted by atomic mass is 35.5. The minimum absolute atomic E-state index is 0.835. The zero-order chi connectivity index (χ0) is 10.4. The van der Waals surface area contributed by atoms with E-state index >= 15 is 0 Å². The molecule has 0 aliphatic carbocycles. The number of nitrogens with one attached hydrogen (secondary N) is 1. The Morgan fingerprint density at radius 2 is 2.21 bits per heavy atom. The SMILES string of the molecule is C/C=C/CNCc1ccc(Cl)c(C)c1. The monoisotopic (exact) mass is 209 g/mol. The van der Waals surface area contributed by atoms with Crippen molar-refractivity contribution in [2.75, 3.05) is 6.54 Å². The average molecular weight is 210 g/mol. The molecule has 0 saturated carbocycles. The van der Waals surface area contributed by atoms with Gasteiger partial charge in [-0.05, 0) is 31.0 Å². The summed E-state index contributed by atoms with van der Waals surface area (Å²) in [5.74, 6) is 0. The van der Waals surface area contributed by atoms with E-state index in [4.69, 9.17) is 11.6 Å². The van der Waals surface area contributed by atoms with Crippen molar-refractivity contribution in [2.24, 2.45) is 0 Å². The molecule has 76 valence electrons. The fourth-order valence-electron chi connectivity index (χ4n) is 1.23. The van der Waals surface area contributed by atoms with Gasteiger partial charge >= 0.3 is 0 Å². The summed E-state index contributed by atoms with van der Waals surface area (Å²) in [7, 11) is 0. The van der Waals surface area contributed by atoms with Crippen molar-refractivity contribution >= 4 is 11.6 Å². The summed E-state index contributed by atoms with van der Waals surface area (Å²) in [6.45, 7) is 5.85. The summed E-state index contributed by atoms with van der Waals surface area (Å²) >= 11 is 5.93. The maximum Gasteiger partial charge on any atom is 0.0435 e. The van der Waals surface area contributed by atoms with Gasteiger partial charge in [-0.25, -0.2) is 0 Å². The van der Waals surface area contributed by atoms with E-state index < -0.39 is 0 Å². The second-order valence-electron chi connectivity index (χ2n) is 3.28. The quantitative estimate of drug-likeness (QED) is 0.593. The van der Waals surface area contributed by atoms with Crippen LogP contribution in [0, 0.1) is 6.92 Å². The van der Waals surface area contributed by atoms with Crippen molar-refractivity contribution in [1.82, 2.24) is 5.32 Å². The van der Waals surface area contributed by atoms with Crippen LogP contribution in [0.1, 0.15) is 18.1 Å². The van der Waals surface area contributed by atoms with Gasteiger partial charge in [-0.1, -0.05) is 35.9 Å². The molecule has 0 unspecified atom stereocenters. The van der Waals surface area contributed by atoms with Gasteiger partial charge in [-0.15, -0.1) is 0 Å². The van der Waals surface area contributed by atoms with Crippen molar-refractivity contribution < 1.29 is 0 Å². The van der Waals surface area contributed by atoms with Crippen LogP contribution in [-0.4, -0.2) is 6.54 Å². The summed E-state index contributed by atoms with van der Waals surface area (Å²) in [6.07, 6.45) is 4.14. The second-order valence-corrected chi connectivity index (χ2v) is 3.69. The van der Waals surface area contributed by atoms with Crippen LogP contribution in [0.15, 0.2) is 30.4 Å². The van der Waals surface area contributed by atoms with Gasteiger partial charge in [0, 0.05) is 18.1 Å². The Morgan fingerprint density at radius 3 is 2.86 bits per heavy atom. The number of hydrogen-bond acceptors (Lipinski definition) is 1. The Morgan fingerprint density at radius 1 is 1.43 bits per heavy atom. The molecule has 0 amide bonds. The van der Waals surface area contributed by atoms with Gasteiger partial charge < -0.3 is 5.32 Å². The number of allylic oxidation sites excluding steroid dienone is 1. The molecule has 1 rings (SSSR count). The first-order valence-corrected chi connectivity index (χ1v) is 5.18. The van der Waals surface area contributed by atoms with Crippen molar-refractivity contribution in [1.29, 1.82) is 0 Å². The van der Waals surface area contributed by atoms with Crippen molar-refractivity contribution in [2.45, 2.75) is 20.4 Å². The van der Waals surface area contributed by atoms with Crippen LogP contribution in [0.2, 0.25) is 5.02 Å². The minimum Gasteiger partial charge on any atom is -0.309 e. The lowest BCUT2D eigenvalue weighted by Crippen LogP contribution is -2.12. The van der Waals surface area contributed by atoms with Crippen LogP contribution in [-0.2, 0) is 6.54 Å². The Bertz CT molecular complexity index is 318. The Hall–Kier alpha value is -0.790. The van der Waals surface area contributed by atoms with E-state index in [1.165, 1.54) is 5.56 Å². The summed E-state index contributed by atoms with van der Waals surface area (Å²) < 4.78 is 0. The Balaban J connectivity index is 2.47. The smallest absolute Gasteiger partial charge is 0.0435 e. The predicted molar refractivity (Wildman–Crippen MR) is 62.7 cm³/mol. The molecule has 0 bridgehead atoms. The predicted octanol–water partition coefficient (Wildman–Crippen LogP) is 3.31. The van der Waals surface area contributed by atoms with Crippen LogP contribution >= 0.6 is 11.6 Å². The Labute approximate surface area is 90.8 Å². The lowest BCUT2D eigenvalue weighted by atomic mass is 10.1. The van der Waals surface area contributed by atoms with E-state index in [9.17, 15) is 0 Å². The van der Waals surface area contributed by atoms with Gasteiger partial charge in [0.2, 0.25) is 0 Å². The molecule has 0 aromatic heterocycles.